The van der Waals surface area contributed by atoms with Crippen LogP contribution in [0.25, 0.3) is 21.9 Å². The highest BCUT2D eigenvalue weighted by molar-refractivity contribution is 5.99. The number of carbonyl (C=O) groups is 1. The fourth-order valence-electron chi connectivity index (χ4n) is 4.50. The van der Waals surface area contributed by atoms with Crippen molar-refractivity contribution in [2.45, 2.75) is 18.4 Å². The lowest BCUT2D eigenvalue weighted by Gasteiger charge is -2.42. The predicted molar refractivity (Wildman–Crippen MR) is 107 cm³/mol. The average Bonchev–Trinajstić information content (AvgIpc) is 3.13. The normalized spacial score (nSPS) is 18.3. The molecule has 0 atom stereocenters. The second-order valence-corrected chi connectivity index (χ2v) is 7.82. The summed E-state index contributed by atoms with van der Waals surface area (Å²) in [5.41, 5.74) is 2.54. The molecule has 1 spiro atoms. The van der Waals surface area contributed by atoms with Gasteiger partial charge in [-0.3, -0.25) is 4.79 Å². The van der Waals surface area contributed by atoms with Gasteiger partial charge in [0.1, 0.15) is 17.8 Å². The van der Waals surface area contributed by atoms with Crippen LogP contribution in [-0.4, -0.2) is 55.9 Å². The van der Waals surface area contributed by atoms with Crippen LogP contribution in [0.5, 0.6) is 0 Å². The van der Waals surface area contributed by atoms with Crippen LogP contribution in [0.15, 0.2) is 49.1 Å². The summed E-state index contributed by atoms with van der Waals surface area (Å²) in [6, 6.07) is 9.96. The van der Waals surface area contributed by atoms with Crippen molar-refractivity contribution in [1.29, 1.82) is 0 Å². The van der Waals surface area contributed by atoms with Gasteiger partial charge in [-0.1, -0.05) is 6.07 Å². The van der Waals surface area contributed by atoms with Crippen molar-refractivity contribution in [1.82, 2.24) is 24.8 Å². The molecule has 1 saturated heterocycles. The molecule has 2 N–H and O–H groups in total. The van der Waals surface area contributed by atoms with Crippen molar-refractivity contribution in [2.75, 3.05) is 24.5 Å². The van der Waals surface area contributed by atoms with Gasteiger partial charge in [0.05, 0.1) is 10.9 Å². The molecule has 7 nitrogen and oxygen atoms in total. The highest BCUT2D eigenvalue weighted by Crippen LogP contribution is 2.46. The van der Waals surface area contributed by atoms with Crippen molar-refractivity contribution in [3.63, 3.8) is 0 Å². The summed E-state index contributed by atoms with van der Waals surface area (Å²) in [7, 11) is 0. The maximum absolute atomic E-state index is 13.3. The number of carbonyl (C=O) groups excluding carboxylic acids is 1. The smallest absolute Gasteiger partial charge is 0.254 e. The van der Waals surface area contributed by atoms with Gasteiger partial charge in [-0.2, -0.15) is 0 Å². The number of anilines is 1. The summed E-state index contributed by atoms with van der Waals surface area (Å²) in [6.45, 7) is 2.30. The molecule has 2 fully saturated rings. The Hall–Kier alpha value is -3.35. The molecule has 4 aromatic rings. The number of hydrogen-bond acceptors (Lipinski definition) is 4. The fourth-order valence-corrected chi connectivity index (χ4v) is 4.50. The monoisotopic (exact) mass is 372 g/mol. The molecule has 4 heterocycles. The fraction of sp³-hybridized carbons (Fsp3) is 0.286. The Morgan fingerprint density at radius 3 is 2.82 bits per heavy atom. The number of aromatic amines is 2. The van der Waals surface area contributed by atoms with E-state index in [0.29, 0.717) is 6.54 Å². The molecule has 1 aromatic carbocycles. The summed E-state index contributed by atoms with van der Waals surface area (Å²) in [5, 5.41) is 2.16. The molecule has 6 rings (SSSR count). The largest absolute Gasteiger partial charge is 0.361 e. The van der Waals surface area contributed by atoms with E-state index in [2.05, 4.69) is 29.7 Å². The lowest BCUT2D eigenvalue weighted by atomic mass is 10.1. The number of fused-ring (bicyclic) bond motifs is 2. The molecule has 2 aliphatic rings. The van der Waals surface area contributed by atoms with Gasteiger partial charge in [-0.15, -0.1) is 0 Å². The third kappa shape index (κ3) is 2.25. The van der Waals surface area contributed by atoms with Gasteiger partial charge in [0.2, 0.25) is 0 Å². The Kier molecular flexibility index (Phi) is 3.12. The van der Waals surface area contributed by atoms with Crippen molar-refractivity contribution < 1.29 is 4.79 Å². The van der Waals surface area contributed by atoms with E-state index in [1.54, 1.807) is 6.33 Å². The minimum atomic E-state index is -0.0758. The zero-order valence-corrected chi connectivity index (χ0v) is 15.4. The number of piperazine rings is 1. The van der Waals surface area contributed by atoms with Crippen LogP contribution in [-0.2, 0) is 0 Å². The lowest BCUT2D eigenvalue weighted by molar-refractivity contribution is 0.0624. The summed E-state index contributed by atoms with van der Waals surface area (Å²) in [5.74, 6) is 1.08. The minimum Gasteiger partial charge on any atom is -0.361 e. The maximum atomic E-state index is 13.3. The SMILES string of the molecule is O=C(c1ccc2cc[nH]c2c1)N1CCN(c2ncnc3[nH]ccc23)CC12CC2. The molecule has 7 heteroatoms. The summed E-state index contributed by atoms with van der Waals surface area (Å²) >= 11 is 0. The molecular formula is C21H20N6O. The standard InChI is InChI=1S/C21H20N6O/c28-20(15-2-1-14-3-7-22-17(14)11-15)27-10-9-26(12-21(27)5-6-21)19-16-4-8-23-18(16)24-13-25-19/h1-4,7-8,11,13,22H,5-6,9-10,12H2,(H,23,24,25). The Labute approximate surface area is 161 Å². The van der Waals surface area contributed by atoms with Crippen LogP contribution in [0.4, 0.5) is 5.82 Å². The van der Waals surface area contributed by atoms with Crippen LogP contribution in [0, 0.1) is 0 Å². The zero-order chi connectivity index (χ0) is 18.7. The number of nitrogens with zero attached hydrogens (tertiary/aromatic N) is 4. The predicted octanol–water partition coefficient (Wildman–Crippen LogP) is 2.93. The number of aromatic nitrogens is 4. The first kappa shape index (κ1) is 15.7. The first-order valence-corrected chi connectivity index (χ1v) is 9.66. The van der Waals surface area contributed by atoms with Crippen LogP contribution in [0.2, 0.25) is 0 Å². The van der Waals surface area contributed by atoms with Gasteiger partial charge in [0.25, 0.3) is 5.91 Å². The van der Waals surface area contributed by atoms with E-state index in [0.717, 1.165) is 59.2 Å². The van der Waals surface area contributed by atoms with E-state index in [-0.39, 0.29) is 11.4 Å². The second-order valence-electron chi connectivity index (χ2n) is 7.82. The number of H-pyrrole nitrogens is 2. The van der Waals surface area contributed by atoms with E-state index in [1.165, 1.54) is 0 Å². The molecular weight excluding hydrogens is 352 g/mol. The third-order valence-corrected chi connectivity index (χ3v) is 6.16. The topological polar surface area (TPSA) is 80.9 Å². The van der Waals surface area contributed by atoms with Crippen molar-refractivity contribution >= 4 is 33.7 Å². The lowest BCUT2D eigenvalue weighted by Crippen LogP contribution is -2.57. The molecule has 28 heavy (non-hydrogen) atoms. The van der Waals surface area contributed by atoms with Gasteiger partial charge in [-0.25, -0.2) is 9.97 Å². The van der Waals surface area contributed by atoms with E-state index >= 15 is 0 Å². The van der Waals surface area contributed by atoms with Gasteiger partial charge in [0.15, 0.2) is 0 Å². The number of amides is 1. The zero-order valence-electron chi connectivity index (χ0n) is 15.4. The van der Waals surface area contributed by atoms with Gasteiger partial charge in [-0.05, 0) is 42.5 Å². The quantitative estimate of drug-likeness (QED) is 0.567. The second kappa shape index (κ2) is 5.58. The molecule has 1 saturated carbocycles. The number of benzene rings is 1. The van der Waals surface area contributed by atoms with E-state index in [1.807, 2.05) is 42.7 Å². The number of hydrogen-bond donors (Lipinski definition) is 2. The molecule has 1 aliphatic heterocycles. The van der Waals surface area contributed by atoms with Gasteiger partial charge < -0.3 is 19.8 Å². The van der Waals surface area contributed by atoms with Crippen LogP contribution in [0.3, 0.4) is 0 Å². The molecule has 0 radical (unpaired) electrons. The number of rotatable bonds is 2. The van der Waals surface area contributed by atoms with Crippen LogP contribution in [0.1, 0.15) is 23.2 Å². The van der Waals surface area contributed by atoms with Gasteiger partial charge in [0, 0.05) is 43.1 Å². The molecule has 1 aliphatic carbocycles. The van der Waals surface area contributed by atoms with Crippen LogP contribution >= 0.6 is 0 Å². The third-order valence-electron chi connectivity index (χ3n) is 6.16. The maximum Gasteiger partial charge on any atom is 0.254 e. The Balaban J connectivity index is 1.30. The molecule has 3 aromatic heterocycles. The van der Waals surface area contributed by atoms with Crippen molar-refractivity contribution in [2.24, 2.45) is 0 Å². The first-order chi connectivity index (χ1) is 13.7. The summed E-state index contributed by atoms with van der Waals surface area (Å²) < 4.78 is 0. The van der Waals surface area contributed by atoms with E-state index in [4.69, 9.17) is 0 Å². The average molecular weight is 372 g/mol. The van der Waals surface area contributed by atoms with Crippen LogP contribution < -0.4 is 4.90 Å². The molecule has 0 bridgehead atoms. The summed E-state index contributed by atoms with van der Waals surface area (Å²) in [4.78, 5) is 32.9. The Morgan fingerprint density at radius 2 is 1.93 bits per heavy atom. The van der Waals surface area contributed by atoms with E-state index < -0.39 is 0 Å². The summed E-state index contributed by atoms with van der Waals surface area (Å²) in [6.07, 6.45) is 7.50. The highest BCUT2D eigenvalue weighted by atomic mass is 16.2. The highest BCUT2D eigenvalue weighted by Gasteiger charge is 2.53. The van der Waals surface area contributed by atoms with Gasteiger partial charge >= 0.3 is 0 Å². The number of nitrogens with one attached hydrogen (secondary N) is 2. The first-order valence-electron chi connectivity index (χ1n) is 9.66. The Morgan fingerprint density at radius 1 is 1.04 bits per heavy atom. The van der Waals surface area contributed by atoms with Crippen molar-refractivity contribution in [3.05, 3.63) is 54.6 Å². The Bertz CT molecular complexity index is 1200. The molecule has 140 valence electrons. The molecule has 0 unspecified atom stereocenters. The minimum absolute atomic E-state index is 0.0758. The molecule has 1 amide bonds. The van der Waals surface area contributed by atoms with E-state index in [9.17, 15) is 4.79 Å². The van der Waals surface area contributed by atoms with Crippen molar-refractivity contribution in [3.8, 4) is 0 Å².